The number of imide groups is 1. The number of fused-ring (bicyclic) bond motifs is 1. The summed E-state index contributed by atoms with van der Waals surface area (Å²) in [5, 5.41) is 14.3. The summed E-state index contributed by atoms with van der Waals surface area (Å²) in [5.41, 5.74) is 1.15. The van der Waals surface area contributed by atoms with Crippen molar-refractivity contribution in [3.63, 3.8) is 0 Å². The molecule has 5 atom stereocenters. The van der Waals surface area contributed by atoms with Gasteiger partial charge in [0, 0.05) is 4.90 Å². The van der Waals surface area contributed by atoms with Gasteiger partial charge in [0.15, 0.2) is 14.9 Å². The minimum absolute atomic E-state index is 0.0617. The molecule has 1 N–H and O–H groups in total. The molecule has 2 aliphatic rings. The Morgan fingerprint density at radius 1 is 0.778 bits per heavy atom. The predicted molar refractivity (Wildman–Crippen MR) is 211 cm³/mol. The summed E-state index contributed by atoms with van der Waals surface area (Å²) < 4.78 is 18.6. The SMILES string of the molecule is Cc1ccc(S[C@]2([Si](c3ccccc3)c3ccccc3)O[C@H](COC(C)(C)C)[C@@H](O)[C@H](OC(=O)c3ccccc3)[C@H]2N2C(=O)c3ccccc3C2=O)cc1. The average Bonchev–Trinajstić information content (AvgIpc) is 3.42. The van der Waals surface area contributed by atoms with Crippen molar-refractivity contribution >= 4 is 48.7 Å². The monoisotopic (exact) mass is 756 g/mol. The van der Waals surface area contributed by atoms with Crippen LogP contribution in [0.4, 0.5) is 0 Å². The minimum Gasteiger partial charge on any atom is -0.454 e. The number of rotatable bonds is 10. The second-order valence-corrected chi connectivity index (χ2v) is 18.8. The van der Waals surface area contributed by atoms with Crippen LogP contribution in [0.25, 0.3) is 0 Å². The number of amides is 2. The van der Waals surface area contributed by atoms with Crippen LogP contribution in [0.1, 0.15) is 57.4 Å². The molecule has 0 aliphatic carbocycles. The topological polar surface area (TPSA) is 102 Å². The number of carbonyl (C=O) groups is 3. The van der Waals surface area contributed by atoms with Crippen molar-refractivity contribution in [1.29, 1.82) is 0 Å². The summed E-state index contributed by atoms with van der Waals surface area (Å²) in [6, 6.07) is 41.6. The number of ether oxygens (including phenoxy) is 3. The van der Waals surface area contributed by atoms with E-state index in [4.69, 9.17) is 14.2 Å². The number of esters is 1. The number of carbonyl (C=O) groups excluding carboxylic acids is 3. The van der Waals surface area contributed by atoms with E-state index in [1.807, 2.05) is 113 Å². The maximum atomic E-state index is 14.7. The Morgan fingerprint density at radius 3 is 1.80 bits per heavy atom. The summed E-state index contributed by atoms with van der Waals surface area (Å²) in [7, 11) is -2.29. The molecule has 7 rings (SSSR count). The summed E-state index contributed by atoms with van der Waals surface area (Å²) >= 11 is 1.38. The lowest BCUT2D eigenvalue weighted by Crippen LogP contribution is -2.78. The number of benzene rings is 5. The lowest BCUT2D eigenvalue weighted by atomic mass is 9.95. The Labute approximate surface area is 321 Å². The van der Waals surface area contributed by atoms with Crippen LogP contribution in [0.5, 0.6) is 0 Å². The largest absolute Gasteiger partial charge is 0.454 e. The first-order valence-electron chi connectivity index (χ1n) is 17.9. The van der Waals surface area contributed by atoms with Gasteiger partial charge >= 0.3 is 5.97 Å². The molecule has 10 heteroatoms. The zero-order valence-corrected chi connectivity index (χ0v) is 32.4. The molecule has 54 heavy (non-hydrogen) atoms. The fourth-order valence-corrected chi connectivity index (χ4v) is 12.7. The molecule has 5 aromatic rings. The van der Waals surface area contributed by atoms with E-state index in [0.717, 1.165) is 20.8 Å². The second-order valence-electron chi connectivity index (χ2n) is 14.5. The van der Waals surface area contributed by atoms with Crippen LogP contribution in [0, 0.1) is 6.92 Å². The molecule has 1 radical (unpaired) electrons. The van der Waals surface area contributed by atoms with Gasteiger partial charge in [-0.2, -0.15) is 0 Å². The van der Waals surface area contributed by atoms with Crippen LogP contribution < -0.4 is 10.4 Å². The van der Waals surface area contributed by atoms with E-state index in [2.05, 4.69) is 0 Å². The van der Waals surface area contributed by atoms with Crippen molar-refractivity contribution in [3.05, 3.63) is 162 Å². The Bertz CT molecular complexity index is 2040. The van der Waals surface area contributed by atoms with Gasteiger partial charge in [-0.15, -0.1) is 0 Å². The number of hydrogen-bond donors (Lipinski definition) is 1. The summed E-state index contributed by atoms with van der Waals surface area (Å²) in [6.07, 6.45) is -3.99. The molecule has 0 unspecified atom stereocenters. The van der Waals surface area contributed by atoms with Gasteiger partial charge in [0.1, 0.15) is 22.8 Å². The van der Waals surface area contributed by atoms with Crippen molar-refractivity contribution < 1.29 is 33.7 Å². The van der Waals surface area contributed by atoms with Crippen molar-refractivity contribution in [2.45, 2.75) is 67.1 Å². The predicted octanol–water partition coefficient (Wildman–Crippen LogP) is 6.10. The lowest BCUT2D eigenvalue weighted by molar-refractivity contribution is -0.209. The van der Waals surface area contributed by atoms with Gasteiger partial charge in [-0.05, 0) is 64.1 Å². The van der Waals surface area contributed by atoms with E-state index in [1.165, 1.54) is 16.7 Å². The number of nitrogens with zero attached hydrogens (tertiary/aromatic N) is 1. The van der Waals surface area contributed by atoms with Crippen molar-refractivity contribution in [3.8, 4) is 0 Å². The number of aliphatic hydroxyl groups excluding tert-OH is 1. The van der Waals surface area contributed by atoms with E-state index in [-0.39, 0.29) is 23.3 Å². The van der Waals surface area contributed by atoms with E-state index in [9.17, 15) is 19.5 Å². The van der Waals surface area contributed by atoms with Gasteiger partial charge in [-0.1, -0.05) is 131 Å². The highest BCUT2D eigenvalue weighted by molar-refractivity contribution is 8.02. The van der Waals surface area contributed by atoms with E-state index in [0.29, 0.717) is 0 Å². The van der Waals surface area contributed by atoms with Crippen LogP contribution in [-0.2, 0) is 14.2 Å². The van der Waals surface area contributed by atoms with Gasteiger partial charge in [-0.25, -0.2) is 4.79 Å². The van der Waals surface area contributed by atoms with Crippen molar-refractivity contribution in [2.75, 3.05) is 6.61 Å². The summed E-state index contributed by atoms with van der Waals surface area (Å²) in [4.78, 5) is 45.6. The number of hydrogen-bond acceptors (Lipinski definition) is 8. The highest BCUT2D eigenvalue weighted by atomic mass is 32.2. The Morgan fingerprint density at radius 2 is 1.28 bits per heavy atom. The molecule has 275 valence electrons. The van der Waals surface area contributed by atoms with Gasteiger partial charge in [-0.3, -0.25) is 14.5 Å². The molecule has 5 aromatic carbocycles. The van der Waals surface area contributed by atoms with Gasteiger partial charge in [0.25, 0.3) is 11.8 Å². The van der Waals surface area contributed by atoms with Crippen LogP contribution in [-0.4, -0.2) is 77.7 Å². The third-order valence-electron chi connectivity index (χ3n) is 9.55. The molecular weight excluding hydrogens is 715 g/mol. The Kier molecular flexibility index (Phi) is 10.7. The van der Waals surface area contributed by atoms with Crippen molar-refractivity contribution in [1.82, 2.24) is 4.90 Å². The van der Waals surface area contributed by atoms with E-state index >= 15 is 0 Å². The normalized spacial score (nSPS) is 22.7. The molecule has 0 bridgehead atoms. The van der Waals surface area contributed by atoms with Crippen LogP contribution in [0.2, 0.25) is 0 Å². The molecule has 1 saturated heterocycles. The molecule has 2 heterocycles. The fourth-order valence-electron chi connectivity index (χ4n) is 7.02. The Hall–Kier alpha value is -4.84. The standard InChI is InChI=1S/C44H42NO7SSi/c1-29-24-26-31(27-25-29)53-44(54(32-18-10-6-11-19-32)33-20-12-7-13-21-33)39(45-40(47)34-22-14-15-23-35(34)41(45)48)38(51-42(49)30-16-8-5-9-17-30)37(46)36(52-44)28-50-43(2,3)4/h5-27,36-39,46H,28H2,1-4H3/t36-,37-,38+,39-,44-/m1/s1. The molecule has 1 fully saturated rings. The third-order valence-corrected chi connectivity index (χ3v) is 14.5. The third kappa shape index (κ3) is 7.45. The average molecular weight is 757 g/mol. The van der Waals surface area contributed by atoms with Crippen LogP contribution >= 0.6 is 11.8 Å². The van der Waals surface area contributed by atoms with Crippen LogP contribution in [0.15, 0.2) is 144 Å². The maximum Gasteiger partial charge on any atom is 0.338 e. The minimum atomic E-state index is -2.29. The first-order valence-corrected chi connectivity index (χ1v) is 20.3. The first kappa shape index (κ1) is 37.5. The second kappa shape index (κ2) is 15.5. The lowest BCUT2D eigenvalue weighted by Gasteiger charge is -2.56. The molecule has 2 amide bonds. The molecular formula is C44H42NO7SSi. The molecule has 0 saturated carbocycles. The summed E-state index contributed by atoms with van der Waals surface area (Å²) in [6.45, 7) is 7.67. The van der Waals surface area contributed by atoms with Gasteiger partial charge in [0.05, 0.1) is 28.9 Å². The smallest absolute Gasteiger partial charge is 0.338 e. The van der Waals surface area contributed by atoms with Crippen molar-refractivity contribution in [2.24, 2.45) is 0 Å². The highest BCUT2D eigenvalue weighted by Gasteiger charge is 2.66. The number of aryl methyl sites for hydroxylation is 1. The van der Waals surface area contributed by atoms with Crippen LogP contribution in [0.3, 0.4) is 0 Å². The molecule has 2 aliphatic heterocycles. The first-order chi connectivity index (χ1) is 26.0. The van der Waals surface area contributed by atoms with E-state index in [1.54, 1.807) is 54.6 Å². The number of thioether (sulfide) groups is 1. The zero-order chi connectivity index (χ0) is 38.0. The zero-order valence-electron chi connectivity index (χ0n) is 30.5. The maximum absolute atomic E-state index is 14.7. The van der Waals surface area contributed by atoms with Gasteiger partial charge < -0.3 is 19.3 Å². The summed E-state index contributed by atoms with van der Waals surface area (Å²) in [5.74, 6) is -1.82. The van der Waals surface area contributed by atoms with E-state index < -0.39 is 61.1 Å². The van der Waals surface area contributed by atoms with Gasteiger partial charge in [0.2, 0.25) is 0 Å². The molecule has 8 nitrogen and oxygen atoms in total. The Balaban J connectivity index is 1.53. The fraction of sp³-hybridized carbons (Fsp3) is 0.250. The highest BCUT2D eigenvalue weighted by Crippen LogP contribution is 2.49. The molecule has 0 aromatic heterocycles. The number of aliphatic hydroxyl groups is 1. The molecule has 0 spiro atoms. The quantitative estimate of drug-likeness (QED) is 0.104.